The van der Waals surface area contributed by atoms with Crippen LogP contribution in [0.1, 0.15) is 57.6 Å². The molecule has 0 aliphatic heterocycles. The molecule has 19 heavy (non-hydrogen) atoms. The summed E-state index contributed by atoms with van der Waals surface area (Å²) in [7, 11) is 0. The van der Waals surface area contributed by atoms with E-state index in [1.807, 2.05) is 0 Å². The van der Waals surface area contributed by atoms with E-state index in [9.17, 15) is 0 Å². The normalized spacial score (nSPS) is 11.8. The highest BCUT2D eigenvalue weighted by Gasteiger charge is 2.14. The summed E-state index contributed by atoms with van der Waals surface area (Å²) in [5.41, 5.74) is 2.86. The van der Waals surface area contributed by atoms with Crippen LogP contribution in [0.25, 0.3) is 0 Å². The first-order valence-electron chi connectivity index (χ1n) is 7.51. The molecule has 2 heteroatoms. The van der Waals surface area contributed by atoms with Crippen LogP contribution in [-0.4, -0.2) is 22.8 Å². The maximum Gasteiger partial charge on any atom is 0.0237 e. The van der Waals surface area contributed by atoms with Gasteiger partial charge in [-0.2, -0.15) is 0 Å². The van der Waals surface area contributed by atoms with Crippen molar-refractivity contribution >= 4 is 15.9 Å². The Morgan fingerprint density at radius 3 is 2.05 bits per heavy atom. The summed E-state index contributed by atoms with van der Waals surface area (Å²) in [5, 5.41) is 1.05. The second kappa shape index (κ2) is 8.76. The fraction of sp³-hybridized carbons (Fsp3) is 0.647. The molecule has 108 valence electrons. The zero-order chi connectivity index (χ0) is 14.3. The first-order chi connectivity index (χ1) is 9.12. The van der Waals surface area contributed by atoms with Gasteiger partial charge in [0.05, 0.1) is 0 Å². The Kier molecular flexibility index (Phi) is 7.70. The van der Waals surface area contributed by atoms with Crippen molar-refractivity contribution in [3.63, 3.8) is 0 Å². The minimum Gasteiger partial charge on any atom is -0.295 e. The Bertz CT molecular complexity index is 341. The van der Waals surface area contributed by atoms with E-state index in [1.54, 1.807) is 0 Å². The van der Waals surface area contributed by atoms with Crippen LogP contribution >= 0.6 is 15.9 Å². The number of hydrogen-bond acceptors (Lipinski definition) is 1. The standard InChI is InChI=1S/C17H28BrN/c1-5-17(6-2)19(12-11-18)13-15-7-9-16(10-8-15)14(3)4/h7-10,14,17H,5-6,11-13H2,1-4H3. The summed E-state index contributed by atoms with van der Waals surface area (Å²) in [5.74, 6) is 0.617. The molecule has 0 amide bonds. The van der Waals surface area contributed by atoms with Gasteiger partial charge in [-0.25, -0.2) is 0 Å². The Labute approximate surface area is 127 Å². The largest absolute Gasteiger partial charge is 0.295 e. The first-order valence-corrected chi connectivity index (χ1v) is 8.63. The van der Waals surface area contributed by atoms with E-state index in [-0.39, 0.29) is 0 Å². The molecule has 0 unspecified atom stereocenters. The fourth-order valence-corrected chi connectivity index (χ4v) is 3.00. The number of rotatable bonds is 8. The Hall–Kier alpha value is -0.340. The second-order valence-corrected chi connectivity index (χ2v) is 6.32. The molecule has 0 spiro atoms. The van der Waals surface area contributed by atoms with Crippen LogP contribution in [0.15, 0.2) is 24.3 Å². The van der Waals surface area contributed by atoms with E-state index in [4.69, 9.17) is 0 Å². The molecular formula is C17H28BrN. The quantitative estimate of drug-likeness (QED) is 0.594. The number of hydrogen-bond donors (Lipinski definition) is 0. The molecule has 1 aromatic carbocycles. The van der Waals surface area contributed by atoms with Crippen molar-refractivity contribution in [3.05, 3.63) is 35.4 Å². The van der Waals surface area contributed by atoms with Crippen molar-refractivity contribution in [1.29, 1.82) is 0 Å². The summed E-state index contributed by atoms with van der Waals surface area (Å²) in [6.45, 7) is 11.3. The SMILES string of the molecule is CCC(CC)N(CCBr)Cc1ccc(C(C)C)cc1. The van der Waals surface area contributed by atoms with Gasteiger partial charge in [-0.15, -0.1) is 0 Å². The van der Waals surface area contributed by atoms with Crippen molar-refractivity contribution in [2.75, 3.05) is 11.9 Å². The lowest BCUT2D eigenvalue weighted by molar-refractivity contribution is 0.189. The maximum atomic E-state index is 3.58. The van der Waals surface area contributed by atoms with Crippen molar-refractivity contribution in [1.82, 2.24) is 4.90 Å². The highest BCUT2D eigenvalue weighted by atomic mass is 79.9. The highest BCUT2D eigenvalue weighted by Crippen LogP contribution is 2.18. The Morgan fingerprint density at radius 1 is 1.05 bits per heavy atom. The zero-order valence-corrected chi connectivity index (χ0v) is 14.4. The van der Waals surface area contributed by atoms with Crippen molar-refractivity contribution < 1.29 is 0 Å². The van der Waals surface area contributed by atoms with Gasteiger partial charge in [-0.3, -0.25) is 4.90 Å². The molecule has 0 atom stereocenters. The second-order valence-electron chi connectivity index (χ2n) is 5.53. The molecule has 0 bridgehead atoms. The summed E-state index contributed by atoms with van der Waals surface area (Å²) >= 11 is 3.58. The Balaban J connectivity index is 2.72. The molecule has 0 N–H and O–H groups in total. The molecule has 0 heterocycles. The lowest BCUT2D eigenvalue weighted by Crippen LogP contribution is -2.35. The van der Waals surface area contributed by atoms with Crippen molar-refractivity contribution in [3.8, 4) is 0 Å². The van der Waals surface area contributed by atoms with Gasteiger partial charge >= 0.3 is 0 Å². The number of benzene rings is 1. The average Bonchev–Trinajstić information content (AvgIpc) is 2.41. The molecule has 0 saturated heterocycles. The molecule has 0 radical (unpaired) electrons. The van der Waals surface area contributed by atoms with Crippen LogP contribution in [0.2, 0.25) is 0 Å². The van der Waals surface area contributed by atoms with Crippen LogP contribution < -0.4 is 0 Å². The van der Waals surface area contributed by atoms with Crippen LogP contribution in [0.5, 0.6) is 0 Å². The van der Waals surface area contributed by atoms with Crippen LogP contribution in [0, 0.1) is 0 Å². The van der Waals surface area contributed by atoms with Gasteiger partial charge in [0, 0.05) is 24.5 Å². The zero-order valence-electron chi connectivity index (χ0n) is 12.8. The van der Waals surface area contributed by atoms with E-state index in [2.05, 4.69) is 72.8 Å². The van der Waals surface area contributed by atoms with E-state index in [0.29, 0.717) is 12.0 Å². The van der Waals surface area contributed by atoms with E-state index in [1.165, 1.54) is 24.0 Å². The van der Waals surface area contributed by atoms with Gasteiger partial charge in [0.25, 0.3) is 0 Å². The predicted octanol–water partition coefficient (Wildman–Crippen LogP) is 5.20. The molecular weight excluding hydrogens is 298 g/mol. The molecule has 1 rings (SSSR count). The van der Waals surface area contributed by atoms with Gasteiger partial charge in [0.1, 0.15) is 0 Å². The van der Waals surface area contributed by atoms with Gasteiger partial charge in [-0.05, 0) is 29.9 Å². The van der Waals surface area contributed by atoms with Crippen LogP contribution in [0.4, 0.5) is 0 Å². The third-order valence-corrected chi connectivity index (χ3v) is 4.22. The minimum atomic E-state index is 0.617. The summed E-state index contributed by atoms with van der Waals surface area (Å²) < 4.78 is 0. The summed E-state index contributed by atoms with van der Waals surface area (Å²) in [4.78, 5) is 2.60. The van der Waals surface area contributed by atoms with Gasteiger partial charge in [0.15, 0.2) is 0 Å². The van der Waals surface area contributed by atoms with Gasteiger partial charge in [0.2, 0.25) is 0 Å². The number of alkyl halides is 1. The molecule has 0 aliphatic carbocycles. The first kappa shape index (κ1) is 16.7. The number of nitrogens with zero attached hydrogens (tertiary/aromatic N) is 1. The van der Waals surface area contributed by atoms with E-state index in [0.717, 1.165) is 18.4 Å². The smallest absolute Gasteiger partial charge is 0.0237 e. The minimum absolute atomic E-state index is 0.617. The molecule has 0 aromatic heterocycles. The molecule has 1 aromatic rings. The van der Waals surface area contributed by atoms with Gasteiger partial charge in [-0.1, -0.05) is 67.9 Å². The van der Waals surface area contributed by atoms with Crippen LogP contribution in [0.3, 0.4) is 0 Å². The van der Waals surface area contributed by atoms with Gasteiger partial charge < -0.3 is 0 Å². The van der Waals surface area contributed by atoms with E-state index < -0.39 is 0 Å². The molecule has 0 aliphatic rings. The van der Waals surface area contributed by atoms with Crippen molar-refractivity contribution in [2.45, 2.75) is 59.0 Å². The lowest BCUT2D eigenvalue weighted by atomic mass is 10.0. The van der Waals surface area contributed by atoms with Crippen LogP contribution in [-0.2, 0) is 6.54 Å². The third-order valence-electron chi connectivity index (χ3n) is 3.86. The average molecular weight is 326 g/mol. The Morgan fingerprint density at radius 2 is 1.63 bits per heavy atom. The highest BCUT2D eigenvalue weighted by molar-refractivity contribution is 9.09. The molecule has 0 saturated carbocycles. The maximum absolute atomic E-state index is 3.58. The fourth-order valence-electron chi connectivity index (χ4n) is 2.55. The predicted molar refractivity (Wildman–Crippen MR) is 89.1 cm³/mol. The summed E-state index contributed by atoms with van der Waals surface area (Å²) in [6, 6.07) is 9.83. The number of halogens is 1. The molecule has 1 nitrogen and oxygen atoms in total. The topological polar surface area (TPSA) is 3.24 Å². The monoisotopic (exact) mass is 325 g/mol. The van der Waals surface area contributed by atoms with E-state index >= 15 is 0 Å². The lowest BCUT2D eigenvalue weighted by Gasteiger charge is -2.30. The summed E-state index contributed by atoms with van der Waals surface area (Å²) in [6.07, 6.45) is 2.46. The van der Waals surface area contributed by atoms with Crippen molar-refractivity contribution in [2.24, 2.45) is 0 Å². The molecule has 0 fully saturated rings. The third kappa shape index (κ3) is 5.27.